The molecule has 4 aromatic rings. The summed E-state index contributed by atoms with van der Waals surface area (Å²) < 4.78 is 3.90. The van der Waals surface area contributed by atoms with Crippen LogP contribution in [0.15, 0.2) is 48.9 Å². The van der Waals surface area contributed by atoms with Gasteiger partial charge in [0.05, 0.1) is 34.6 Å². The molecule has 0 bridgehead atoms. The first kappa shape index (κ1) is 29.7. The van der Waals surface area contributed by atoms with Crippen LogP contribution in [0.4, 0.5) is 0 Å². The zero-order valence-corrected chi connectivity index (χ0v) is 24.9. The Morgan fingerprint density at radius 2 is 2.07 bits per heavy atom. The quantitative estimate of drug-likeness (QED) is 0.265. The number of hydrogen-bond donors (Lipinski definition) is 2. The monoisotopic (exact) mass is 580 g/mol. The highest BCUT2D eigenvalue weighted by molar-refractivity contribution is 6.36. The van der Waals surface area contributed by atoms with Crippen LogP contribution in [0.3, 0.4) is 0 Å². The molecule has 222 valence electrons. The van der Waals surface area contributed by atoms with Crippen molar-refractivity contribution in [1.29, 1.82) is 5.26 Å². The van der Waals surface area contributed by atoms with E-state index in [1.165, 1.54) is 7.05 Å². The Hall–Kier alpha value is -4.79. The highest BCUT2D eigenvalue weighted by Gasteiger charge is 2.26. The average Bonchev–Trinajstić information content (AvgIpc) is 3.72. The fraction of sp³-hybridized carbons (Fsp3) is 0.344. The molecule has 11 nitrogen and oxygen atoms in total. The molecule has 0 radical (unpaired) electrons. The van der Waals surface area contributed by atoms with Gasteiger partial charge in [0.15, 0.2) is 6.29 Å². The van der Waals surface area contributed by atoms with E-state index >= 15 is 0 Å². The number of nitrogens with zero attached hydrogens (tertiary/aromatic N) is 6. The van der Waals surface area contributed by atoms with Crippen molar-refractivity contribution in [2.75, 3.05) is 34.2 Å². The van der Waals surface area contributed by atoms with Gasteiger partial charge in [-0.1, -0.05) is 6.07 Å². The second kappa shape index (κ2) is 12.6. The maximum atomic E-state index is 13.1. The summed E-state index contributed by atoms with van der Waals surface area (Å²) in [6, 6.07) is 12.5. The van der Waals surface area contributed by atoms with Crippen LogP contribution in [-0.4, -0.2) is 88.7 Å². The van der Waals surface area contributed by atoms with Gasteiger partial charge in [-0.15, -0.1) is 0 Å². The summed E-state index contributed by atoms with van der Waals surface area (Å²) in [7, 11) is 5.41. The van der Waals surface area contributed by atoms with E-state index in [0.29, 0.717) is 41.1 Å². The average molecular weight is 581 g/mol. The Labute approximate surface area is 250 Å². The summed E-state index contributed by atoms with van der Waals surface area (Å²) in [5.74, 6) is -0.382. The van der Waals surface area contributed by atoms with Crippen molar-refractivity contribution in [3.05, 3.63) is 71.3 Å². The number of nitriles is 1. The maximum absolute atomic E-state index is 13.1. The predicted octanol–water partition coefficient (Wildman–Crippen LogP) is 2.29. The zero-order chi connectivity index (χ0) is 30.7. The van der Waals surface area contributed by atoms with Gasteiger partial charge in [0.1, 0.15) is 5.65 Å². The van der Waals surface area contributed by atoms with E-state index in [1.807, 2.05) is 50.8 Å². The van der Waals surface area contributed by atoms with Gasteiger partial charge < -0.3 is 25.0 Å². The molecule has 2 N–H and O–H groups in total. The number of fused-ring (bicyclic) bond motifs is 1. The number of allylic oxidation sites excluding steroid dienone is 1. The van der Waals surface area contributed by atoms with Crippen molar-refractivity contribution >= 4 is 46.3 Å². The van der Waals surface area contributed by atoms with Gasteiger partial charge in [0.25, 0.3) is 5.91 Å². The van der Waals surface area contributed by atoms with Crippen molar-refractivity contribution in [3.63, 3.8) is 0 Å². The van der Waals surface area contributed by atoms with Crippen LogP contribution in [0.5, 0.6) is 0 Å². The van der Waals surface area contributed by atoms with Crippen molar-refractivity contribution < 1.29 is 14.4 Å². The first-order valence-corrected chi connectivity index (χ1v) is 14.3. The first-order valence-electron chi connectivity index (χ1n) is 14.3. The number of aromatic nitrogens is 3. The van der Waals surface area contributed by atoms with E-state index in [-0.39, 0.29) is 17.1 Å². The van der Waals surface area contributed by atoms with Crippen LogP contribution in [-0.2, 0) is 27.5 Å². The summed E-state index contributed by atoms with van der Waals surface area (Å²) in [5, 5.41) is 16.4. The number of amides is 2. The van der Waals surface area contributed by atoms with E-state index in [2.05, 4.69) is 38.1 Å². The lowest BCUT2D eigenvalue weighted by molar-refractivity contribution is -0.118. The van der Waals surface area contributed by atoms with Gasteiger partial charge >= 0.3 is 0 Å². The van der Waals surface area contributed by atoms with Crippen LogP contribution >= 0.6 is 0 Å². The number of nitrogens with one attached hydrogen (secondary N) is 2. The smallest absolute Gasteiger partial charge is 0.253 e. The van der Waals surface area contributed by atoms with Gasteiger partial charge in [0, 0.05) is 81.3 Å². The minimum absolute atomic E-state index is 0.239. The fourth-order valence-electron chi connectivity index (χ4n) is 5.94. The molecule has 5 heterocycles. The highest BCUT2D eigenvalue weighted by atomic mass is 16.2. The number of carbonyl (C=O) groups is 3. The van der Waals surface area contributed by atoms with E-state index in [9.17, 15) is 19.6 Å². The summed E-state index contributed by atoms with van der Waals surface area (Å²) in [4.78, 5) is 44.3. The number of imidazole rings is 1. The van der Waals surface area contributed by atoms with Gasteiger partial charge in [-0.3, -0.25) is 18.8 Å². The van der Waals surface area contributed by atoms with Crippen LogP contribution < -0.4 is 10.6 Å². The molecule has 2 atom stereocenters. The molecule has 2 amide bonds. The third kappa shape index (κ3) is 5.80. The molecular formula is C32H36N8O3. The fourth-order valence-corrected chi connectivity index (χ4v) is 5.94. The topological polar surface area (TPSA) is 128 Å². The van der Waals surface area contributed by atoms with Crippen LogP contribution in [0, 0.1) is 11.3 Å². The SMILES string of the molecule is CC1CC(N(C)C=O)CN1.CNC(=O)/C(=C(\C=O)c1cn2c3c(cc(C#N)cc13)CN(C)CC2)c1cnc2ccccn12. The minimum Gasteiger partial charge on any atom is -0.355 e. The molecule has 2 aliphatic heterocycles. The zero-order valence-electron chi connectivity index (χ0n) is 24.9. The van der Waals surface area contributed by atoms with E-state index in [4.69, 9.17) is 0 Å². The number of carbonyl (C=O) groups excluding carboxylic acids is 3. The van der Waals surface area contributed by atoms with Crippen LogP contribution in [0.25, 0.3) is 27.7 Å². The third-order valence-electron chi connectivity index (χ3n) is 8.22. The number of benzene rings is 1. The molecule has 0 saturated carbocycles. The Morgan fingerprint density at radius 3 is 2.74 bits per heavy atom. The van der Waals surface area contributed by atoms with E-state index < -0.39 is 0 Å². The van der Waals surface area contributed by atoms with Crippen molar-refractivity contribution in [1.82, 2.24) is 34.4 Å². The van der Waals surface area contributed by atoms with Crippen molar-refractivity contribution in [2.45, 2.75) is 38.5 Å². The Bertz CT molecular complexity index is 1760. The minimum atomic E-state index is -0.382. The lowest BCUT2D eigenvalue weighted by atomic mass is 9.96. The lowest BCUT2D eigenvalue weighted by Gasteiger charge is -2.17. The Kier molecular flexibility index (Phi) is 8.71. The molecule has 1 aromatic carbocycles. The molecule has 0 aliphatic carbocycles. The number of hydrogen-bond acceptors (Lipinski definition) is 7. The number of likely N-dealkylation sites (N-methyl/N-ethyl adjacent to an activating group) is 3. The molecule has 1 fully saturated rings. The molecule has 2 aliphatic rings. The highest BCUT2D eigenvalue weighted by Crippen LogP contribution is 2.35. The van der Waals surface area contributed by atoms with Crippen molar-refractivity contribution in [3.8, 4) is 6.07 Å². The van der Waals surface area contributed by atoms with Crippen LogP contribution in [0.1, 0.15) is 35.7 Å². The van der Waals surface area contributed by atoms with Crippen molar-refractivity contribution in [2.24, 2.45) is 0 Å². The van der Waals surface area contributed by atoms with Gasteiger partial charge in [0.2, 0.25) is 6.41 Å². The molecule has 1 saturated heterocycles. The van der Waals surface area contributed by atoms with Gasteiger partial charge in [-0.2, -0.15) is 5.26 Å². The molecule has 11 heteroatoms. The standard InChI is InChI=1S/C25H22N6O2.C7H14N2O/c1-27-25(33)23(21-12-28-22-5-3-4-6-31(21)22)20(15-32)19-14-30-8-7-29(2)13-17-9-16(11-26)10-18(19)24(17)30;1-6-3-7(4-8-6)9(2)5-10/h3-6,9-10,12,14-15H,7-8,13H2,1-2H3,(H,27,33);5-8H,3-4H2,1-2H3/b23-20+;. The normalized spacial score (nSPS) is 18.7. The van der Waals surface area contributed by atoms with Gasteiger partial charge in [-0.05, 0) is 50.2 Å². The second-order valence-corrected chi connectivity index (χ2v) is 11.1. The second-order valence-electron chi connectivity index (χ2n) is 11.1. The predicted molar refractivity (Wildman–Crippen MR) is 165 cm³/mol. The largest absolute Gasteiger partial charge is 0.355 e. The van der Waals surface area contributed by atoms with Crippen LogP contribution in [0.2, 0.25) is 0 Å². The molecule has 6 rings (SSSR count). The van der Waals surface area contributed by atoms with Gasteiger partial charge in [-0.25, -0.2) is 4.98 Å². The summed E-state index contributed by atoms with van der Waals surface area (Å²) in [6.07, 6.45) is 8.03. The number of aldehydes is 1. The summed E-state index contributed by atoms with van der Waals surface area (Å²) >= 11 is 0. The summed E-state index contributed by atoms with van der Waals surface area (Å²) in [5.41, 5.74) is 4.87. The van der Waals surface area contributed by atoms with E-state index in [1.54, 1.807) is 21.6 Å². The third-order valence-corrected chi connectivity index (χ3v) is 8.22. The summed E-state index contributed by atoms with van der Waals surface area (Å²) in [6.45, 7) is 5.35. The molecule has 3 aromatic heterocycles. The molecule has 43 heavy (non-hydrogen) atoms. The molecule has 0 spiro atoms. The first-order chi connectivity index (χ1) is 20.8. The van der Waals surface area contributed by atoms with E-state index in [0.717, 1.165) is 55.2 Å². The maximum Gasteiger partial charge on any atom is 0.253 e. The molecule has 2 unspecified atom stereocenters. The Morgan fingerprint density at radius 1 is 1.26 bits per heavy atom. The number of pyridine rings is 1. The molecular weight excluding hydrogens is 544 g/mol. The number of rotatable bonds is 6. The lowest BCUT2D eigenvalue weighted by Crippen LogP contribution is -2.31. The Balaban J connectivity index is 0.000000314.